The van der Waals surface area contributed by atoms with Gasteiger partial charge < -0.3 is 5.73 Å². The Balaban J connectivity index is 2.05. The fourth-order valence-corrected chi connectivity index (χ4v) is 2.94. The second kappa shape index (κ2) is 5.43. The molecular weight excluding hydrogens is 238 g/mol. The van der Waals surface area contributed by atoms with Gasteiger partial charge in [-0.15, -0.1) is 0 Å². The number of nitrogens with zero attached hydrogens (tertiary/aromatic N) is 2. The molecule has 0 atom stereocenters. The van der Waals surface area contributed by atoms with Gasteiger partial charge in [0.25, 0.3) is 0 Å². The van der Waals surface area contributed by atoms with E-state index < -0.39 is 0 Å². The molecule has 1 aromatic carbocycles. The highest BCUT2D eigenvalue weighted by Gasteiger charge is 2.02. The summed E-state index contributed by atoms with van der Waals surface area (Å²) in [5.41, 5.74) is 6.78. The molecule has 0 aliphatic heterocycles. The van der Waals surface area contributed by atoms with Crippen LogP contribution in [-0.4, -0.2) is 15.9 Å². The van der Waals surface area contributed by atoms with Crippen molar-refractivity contribution in [1.82, 2.24) is 9.36 Å². The normalized spacial score (nSPS) is 10.6. The van der Waals surface area contributed by atoms with Crippen LogP contribution in [0.15, 0.2) is 33.5 Å². The molecule has 0 aliphatic rings. The average Bonchev–Trinajstić information content (AvgIpc) is 2.67. The van der Waals surface area contributed by atoms with Crippen molar-refractivity contribution in [3.63, 3.8) is 0 Å². The maximum atomic E-state index is 5.50. The minimum absolute atomic E-state index is 0.697. The predicted octanol–water partition coefficient (Wildman–Crippen LogP) is 2.50. The molecule has 0 radical (unpaired) electrons. The third-order valence-corrected chi connectivity index (χ3v) is 3.92. The number of hydrogen-bond acceptors (Lipinski definition) is 5. The van der Waals surface area contributed by atoms with Crippen LogP contribution in [-0.2, 0) is 6.42 Å². The van der Waals surface area contributed by atoms with Crippen LogP contribution in [0.25, 0.3) is 0 Å². The van der Waals surface area contributed by atoms with Gasteiger partial charge in [-0.2, -0.15) is 4.37 Å². The highest BCUT2D eigenvalue weighted by Crippen LogP contribution is 2.28. The summed E-state index contributed by atoms with van der Waals surface area (Å²) in [7, 11) is 0. The van der Waals surface area contributed by atoms with E-state index in [1.165, 1.54) is 22.0 Å². The van der Waals surface area contributed by atoms with Gasteiger partial charge in [0.2, 0.25) is 0 Å². The first kappa shape index (κ1) is 11.6. The Bertz CT molecular complexity index is 451. The molecule has 0 amide bonds. The number of nitrogens with two attached hydrogens (primary N) is 1. The molecule has 2 N–H and O–H groups in total. The zero-order valence-corrected chi connectivity index (χ0v) is 10.6. The highest BCUT2D eigenvalue weighted by atomic mass is 32.2. The lowest BCUT2D eigenvalue weighted by atomic mass is 10.2. The fourth-order valence-electron chi connectivity index (χ4n) is 1.31. The average molecular weight is 251 g/mol. The summed E-state index contributed by atoms with van der Waals surface area (Å²) < 4.78 is 5.14. The van der Waals surface area contributed by atoms with Crippen LogP contribution >= 0.6 is 23.3 Å². The molecule has 3 nitrogen and oxygen atoms in total. The molecule has 0 fully saturated rings. The number of benzene rings is 1. The van der Waals surface area contributed by atoms with Crippen molar-refractivity contribution in [3.05, 3.63) is 35.7 Å². The monoisotopic (exact) mass is 251 g/mol. The van der Waals surface area contributed by atoms with E-state index in [1.807, 2.05) is 6.92 Å². The van der Waals surface area contributed by atoms with Crippen molar-refractivity contribution in [2.75, 3.05) is 6.54 Å². The minimum Gasteiger partial charge on any atom is -0.330 e. The van der Waals surface area contributed by atoms with Crippen molar-refractivity contribution >= 4 is 23.3 Å². The Morgan fingerprint density at radius 1 is 1.31 bits per heavy atom. The number of aryl methyl sites for hydroxylation is 1. The van der Waals surface area contributed by atoms with E-state index in [0.29, 0.717) is 6.54 Å². The van der Waals surface area contributed by atoms with Crippen molar-refractivity contribution in [1.29, 1.82) is 0 Å². The first-order chi connectivity index (χ1) is 7.78. The van der Waals surface area contributed by atoms with Gasteiger partial charge in [-0.05, 0) is 49.1 Å². The topological polar surface area (TPSA) is 51.8 Å². The van der Waals surface area contributed by atoms with Gasteiger partial charge in [0.05, 0.1) is 0 Å². The first-order valence-corrected chi connectivity index (χ1v) is 6.64. The SMILES string of the molecule is Cc1nsc(Sc2ccc(CCN)cc2)n1. The third kappa shape index (κ3) is 3.04. The third-order valence-electron chi connectivity index (χ3n) is 2.07. The van der Waals surface area contributed by atoms with Crippen LogP contribution < -0.4 is 5.73 Å². The standard InChI is InChI=1S/C11H13N3S2/c1-8-13-11(16-14-8)15-10-4-2-9(3-5-10)6-7-12/h2-5H,6-7,12H2,1H3. The van der Waals surface area contributed by atoms with E-state index in [9.17, 15) is 0 Å². The molecule has 0 aliphatic carbocycles. The van der Waals surface area contributed by atoms with Crippen LogP contribution in [0.4, 0.5) is 0 Å². The van der Waals surface area contributed by atoms with Gasteiger partial charge in [-0.1, -0.05) is 23.9 Å². The van der Waals surface area contributed by atoms with Gasteiger partial charge in [-0.3, -0.25) is 0 Å². The zero-order valence-electron chi connectivity index (χ0n) is 9.01. The van der Waals surface area contributed by atoms with E-state index >= 15 is 0 Å². The van der Waals surface area contributed by atoms with Gasteiger partial charge in [0.15, 0.2) is 4.34 Å². The summed E-state index contributed by atoms with van der Waals surface area (Å²) in [4.78, 5) is 5.51. The molecule has 0 saturated carbocycles. The second-order valence-corrected chi connectivity index (χ2v) is 5.46. The van der Waals surface area contributed by atoms with E-state index in [-0.39, 0.29) is 0 Å². The molecule has 2 aromatic rings. The van der Waals surface area contributed by atoms with Crippen molar-refractivity contribution in [2.24, 2.45) is 5.73 Å². The van der Waals surface area contributed by atoms with E-state index in [2.05, 4.69) is 33.6 Å². The maximum absolute atomic E-state index is 5.50. The lowest BCUT2D eigenvalue weighted by Crippen LogP contribution is -2.02. The molecule has 5 heteroatoms. The Kier molecular flexibility index (Phi) is 3.93. The first-order valence-electron chi connectivity index (χ1n) is 5.05. The Morgan fingerprint density at radius 3 is 2.62 bits per heavy atom. The van der Waals surface area contributed by atoms with Gasteiger partial charge >= 0.3 is 0 Å². The van der Waals surface area contributed by atoms with Crippen molar-refractivity contribution < 1.29 is 0 Å². The minimum atomic E-state index is 0.697. The van der Waals surface area contributed by atoms with E-state index in [4.69, 9.17) is 5.73 Å². The summed E-state index contributed by atoms with van der Waals surface area (Å²) >= 11 is 3.09. The molecular formula is C11H13N3S2. The lowest BCUT2D eigenvalue weighted by Gasteiger charge is -2.00. The Morgan fingerprint density at radius 2 is 2.06 bits per heavy atom. The molecule has 0 spiro atoms. The smallest absolute Gasteiger partial charge is 0.174 e. The number of rotatable bonds is 4. The quantitative estimate of drug-likeness (QED) is 0.907. The maximum Gasteiger partial charge on any atom is 0.174 e. The molecule has 2 rings (SSSR count). The van der Waals surface area contributed by atoms with Crippen molar-refractivity contribution in [2.45, 2.75) is 22.6 Å². The zero-order chi connectivity index (χ0) is 11.4. The second-order valence-electron chi connectivity index (χ2n) is 3.39. The predicted molar refractivity (Wildman–Crippen MR) is 68.0 cm³/mol. The highest BCUT2D eigenvalue weighted by molar-refractivity contribution is 8.01. The summed E-state index contributed by atoms with van der Waals surface area (Å²) in [5.74, 6) is 0.840. The summed E-state index contributed by atoms with van der Waals surface area (Å²) in [6.45, 7) is 2.60. The molecule has 84 valence electrons. The Hall–Kier alpha value is -0.910. The molecule has 0 saturated heterocycles. The Labute approximate surface area is 103 Å². The number of hydrogen-bond donors (Lipinski definition) is 1. The van der Waals surface area contributed by atoms with Crippen LogP contribution in [0.1, 0.15) is 11.4 Å². The van der Waals surface area contributed by atoms with Gasteiger partial charge in [-0.25, -0.2) is 4.98 Å². The van der Waals surface area contributed by atoms with Crippen LogP contribution in [0.3, 0.4) is 0 Å². The molecule has 1 aromatic heterocycles. The van der Waals surface area contributed by atoms with Crippen LogP contribution in [0.2, 0.25) is 0 Å². The molecule has 1 heterocycles. The summed E-state index contributed by atoms with van der Waals surface area (Å²) in [5, 5.41) is 0. The molecule has 0 bridgehead atoms. The van der Waals surface area contributed by atoms with E-state index in [0.717, 1.165) is 16.6 Å². The van der Waals surface area contributed by atoms with E-state index in [1.54, 1.807) is 11.8 Å². The van der Waals surface area contributed by atoms with Crippen LogP contribution in [0, 0.1) is 6.92 Å². The van der Waals surface area contributed by atoms with Crippen LogP contribution in [0.5, 0.6) is 0 Å². The van der Waals surface area contributed by atoms with Crippen molar-refractivity contribution in [3.8, 4) is 0 Å². The fraction of sp³-hybridized carbons (Fsp3) is 0.273. The van der Waals surface area contributed by atoms with Gasteiger partial charge in [0, 0.05) is 4.90 Å². The molecule has 0 unspecified atom stereocenters. The largest absolute Gasteiger partial charge is 0.330 e. The number of aromatic nitrogens is 2. The summed E-state index contributed by atoms with van der Waals surface area (Å²) in [6, 6.07) is 8.44. The lowest BCUT2D eigenvalue weighted by molar-refractivity contribution is 0.966. The molecule has 16 heavy (non-hydrogen) atoms. The summed E-state index contributed by atoms with van der Waals surface area (Å²) in [6.07, 6.45) is 0.933. The van der Waals surface area contributed by atoms with Gasteiger partial charge in [0.1, 0.15) is 5.82 Å².